The highest BCUT2D eigenvalue weighted by atomic mass is 16.4. The monoisotopic (exact) mass is 245 g/mol. The number of carboxylic acid groups (broad SMARTS) is 1. The van der Waals surface area contributed by atoms with Crippen molar-refractivity contribution >= 4 is 5.97 Å². The van der Waals surface area contributed by atoms with E-state index in [9.17, 15) is 4.79 Å². The van der Waals surface area contributed by atoms with E-state index in [-0.39, 0.29) is 6.42 Å². The predicted molar refractivity (Wildman–Crippen MR) is 70.2 cm³/mol. The summed E-state index contributed by atoms with van der Waals surface area (Å²) < 4.78 is 0. The molecule has 0 radical (unpaired) electrons. The van der Waals surface area contributed by atoms with Crippen LogP contribution >= 0.6 is 0 Å². The van der Waals surface area contributed by atoms with E-state index in [4.69, 9.17) is 10.4 Å². The van der Waals surface area contributed by atoms with Gasteiger partial charge in [-0.1, -0.05) is 38.1 Å². The highest BCUT2D eigenvalue weighted by Crippen LogP contribution is 2.20. The molecule has 0 fully saturated rings. The molecule has 0 bridgehead atoms. The van der Waals surface area contributed by atoms with Gasteiger partial charge in [-0.25, -0.2) is 0 Å². The molecule has 0 spiro atoms. The number of nitrogens with zero attached hydrogens (tertiary/aromatic N) is 1. The number of hydrogen-bond donors (Lipinski definition) is 1. The van der Waals surface area contributed by atoms with Crippen LogP contribution in [0.25, 0.3) is 0 Å². The second-order valence-electron chi connectivity index (χ2n) is 4.68. The van der Waals surface area contributed by atoms with Gasteiger partial charge in [-0.15, -0.1) is 0 Å². The molecule has 0 saturated carbocycles. The topological polar surface area (TPSA) is 61.1 Å². The number of aliphatic carboxylic acids is 1. The predicted octanol–water partition coefficient (Wildman–Crippen LogP) is 3.36. The Hall–Kier alpha value is -1.82. The fourth-order valence-corrected chi connectivity index (χ4v) is 1.88. The summed E-state index contributed by atoms with van der Waals surface area (Å²) in [6, 6.07) is 10.2. The molecule has 18 heavy (non-hydrogen) atoms. The zero-order valence-corrected chi connectivity index (χ0v) is 10.9. The quantitative estimate of drug-likeness (QED) is 0.836. The van der Waals surface area contributed by atoms with Crippen LogP contribution in [0.1, 0.15) is 43.7 Å². The van der Waals surface area contributed by atoms with Crippen molar-refractivity contribution in [2.24, 2.45) is 5.92 Å². The van der Waals surface area contributed by atoms with Gasteiger partial charge in [0.1, 0.15) is 0 Å². The van der Waals surface area contributed by atoms with Crippen LogP contribution in [0.15, 0.2) is 24.3 Å². The Morgan fingerprint density at radius 1 is 1.39 bits per heavy atom. The lowest BCUT2D eigenvalue weighted by Crippen LogP contribution is -2.08. The van der Waals surface area contributed by atoms with Gasteiger partial charge in [0.05, 0.1) is 18.4 Å². The third kappa shape index (κ3) is 4.21. The van der Waals surface area contributed by atoms with E-state index in [0.717, 1.165) is 12.0 Å². The molecule has 1 N–H and O–H groups in total. The summed E-state index contributed by atoms with van der Waals surface area (Å²) in [5, 5.41) is 17.6. The zero-order chi connectivity index (χ0) is 13.5. The van der Waals surface area contributed by atoms with Crippen molar-refractivity contribution in [3.8, 4) is 6.07 Å². The first-order valence-electron chi connectivity index (χ1n) is 6.27. The van der Waals surface area contributed by atoms with Crippen molar-refractivity contribution in [1.82, 2.24) is 0 Å². The first-order valence-corrected chi connectivity index (χ1v) is 6.27. The minimum atomic E-state index is -0.919. The fourth-order valence-electron chi connectivity index (χ4n) is 1.88. The Bertz CT molecular complexity index is 431. The highest BCUT2D eigenvalue weighted by molar-refractivity contribution is 5.67. The lowest BCUT2D eigenvalue weighted by Gasteiger charge is -2.11. The Kier molecular flexibility index (Phi) is 5.38. The van der Waals surface area contributed by atoms with Gasteiger partial charge < -0.3 is 5.11 Å². The molecule has 1 rings (SSSR count). The normalized spacial score (nSPS) is 13.6. The van der Waals surface area contributed by atoms with Crippen molar-refractivity contribution in [1.29, 1.82) is 5.26 Å². The summed E-state index contributed by atoms with van der Waals surface area (Å²) in [6.07, 6.45) is 1.51. The van der Waals surface area contributed by atoms with Crippen LogP contribution in [-0.4, -0.2) is 11.1 Å². The average molecular weight is 245 g/mol. The Balaban J connectivity index is 2.68. The molecule has 0 saturated heterocycles. The molecule has 1 aromatic carbocycles. The molecule has 0 amide bonds. The summed E-state index contributed by atoms with van der Waals surface area (Å²) in [4.78, 5) is 10.6. The Labute approximate surface area is 108 Å². The van der Waals surface area contributed by atoms with Crippen molar-refractivity contribution in [2.45, 2.75) is 39.0 Å². The smallest absolute Gasteiger partial charge is 0.304 e. The van der Waals surface area contributed by atoms with Gasteiger partial charge in [0.15, 0.2) is 0 Å². The molecule has 2 atom stereocenters. The van der Waals surface area contributed by atoms with Crippen LogP contribution in [0.2, 0.25) is 0 Å². The van der Waals surface area contributed by atoms with E-state index in [1.54, 1.807) is 0 Å². The number of carbonyl (C=O) groups is 1. The number of nitriles is 1. The molecule has 2 unspecified atom stereocenters. The van der Waals surface area contributed by atoms with Gasteiger partial charge in [-0.3, -0.25) is 4.79 Å². The van der Waals surface area contributed by atoms with E-state index < -0.39 is 11.9 Å². The molecule has 3 heteroatoms. The van der Waals surface area contributed by atoms with E-state index in [1.807, 2.05) is 18.2 Å². The number of carboxylic acids is 1. The van der Waals surface area contributed by atoms with Crippen LogP contribution in [0.3, 0.4) is 0 Å². The molecule has 1 aromatic rings. The largest absolute Gasteiger partial charge is 0.481 e. The highest BCUT2D eigenvalue weighted by Gasteiger charge is 2.13. The van der Waals surface area contributed by atoms with Gasteiger partial charge in [0.25, 0.3) is 0 Å². The lowest BCUT2D eigenvalue weighted by molar-refractivity contribution is -0.137. The SMILES string of the molecule is CCC(C)c1ccc(CC(C#N)CC(=O)O)cc1. The standard InChI is InChI=1S/C15H19NO2/c1-3-11(2)14-6-4-12(5-7-14)8-13(10-16)9-15(17)18/h4-7,11,13H,3,8-9H2,1-2H3,(H,17,18). The molecule has 0 heterocycles. The maximum absolute atomic E-state index is 10.6. The molecule has 3 nitrogen and oxygen atoms in total. The minimum absolute atomic E-state index is 0.0936. The summed E-state index contributed by atoms with van der Waals surface area (Å²) in [6.45, 7) is 4.33. The number of hydrogen-bond acceptors (Lipinski definition) is 2. The Morgan fingerprint density at radius 3 is 2.44 bits per heavy atom. The van der Waals surface area contributed by atoms with E-state index >= 15 is 0 Å². The minimum Gasteiger partial charge on any atom is -0.481 e. The summed E-state index contributed by atoms with van der Waals surface area (Å²) in [7, 11) is 0. The molecule has 96 valence electrons. The fraction of sp³-hybridized carbons (Fsp3) is 0.467. The van der Waals surface area contributed by atoms with E-state index in [2.05, 4.69) is 26.0 Å². The number of rotatable bonds is 6. The van der Waals surface area contributed by atoms with Crippen molar-refractivity contribution < 1.29 is 9.90 Å². The van der Waals surface area contributed by atoms with Crippen LogP contribution < -0.4 is 0 Å². The second kappa shape index (κ2) is 6.80. The third-order valence-corrected chi connectivity index (χ3v) is 3.25. The van der Waals surface area contributed by atoms with Gasteiger partial charge in [0, 0.05) is 0 Å². The summed E-state index contributed by atoms with van der Waals surface area (Å²) in [5.41, 5.74) is 2.31. The molecular formula is C15H19NO2. The molecule has 0 aliphatic carbocycles. The first-order chi connectivity index (χ1) is 8.56. The van der Waals surface area contributed by atoms with Crippen molar-refractivity contribution in [2.75, 3.05) is 0 Å². The van der Waals surface area contributed by atoms with E-state index in [1.165, 1.54) is 5.56 Å². The van der Waals surface area contributed by atoms with Gasteiger partial charge in [-0.2, -0.15) is 5.26 Å². The van der Waals surface area contributed by atoms with Gasteiger partial charge in [-0.05, 0) is 29.9 Å². The molecule has 0 aromatic heterocycles. The van der Waals surface area contributed by atoms with Crippen molar-refractivity contribution in [3.63, 3.8) is 0 Å². The Morgan fingerprint density at radius 2 is 2.00 bits per heavy atom. The van der Waals surface area contributed by atoms with E-state index in [0.29, 0.717) is 12.3 Å². The molecular weight excluding hydrogens is 226 g/mol. The van der Waals surface area contributed by atoms with Crippen LogP contribution in [0.4, 0.5) is 0 Å². The molecule has 0 aliphatic rings. The van der Waals surface area contributed by atoms with Crippen LogP contribution in [0, 0.1) is 17.2 Å². The van der Waals surface area contributed by atoms with Crippen LogP contribution in [0.5, 0.6) is 0 Å². The maximum atomic E-state index is 10.6. The summed E-state index contributed by atoms with van der Waals surface area (Å²) in [5.74, 6) is -0.834. The maximum Gasteiger partial charge on any atom is 0.304 e. The second-order valence-corrected chi connectivity index (χ2v) is 4.68. The lowest BCUT2D eigenvalue weighted by atomic mass is 9.94. The van der Waals surface area contributed by atoms with Gasteiger partial charge in [0.2, 0.25) is 0 Å². The van der Waals surface area contributed by atoms with Gasteiger partial charge >= 0.3 is 5.97 Å². The third-order valence-electron chi connectivity index (χ3n) is 3.25. The van der Waals surface area contributed by atoms with Crippen LogP contribution in [-0.2, 0) is 11.2 Å². The van der Waals surface area contributed by atoms with Crippen molar-refractivity contribution in [3.05, 3.63) is 35.4 Å². The summed E-state index contributed by atoms with van der Waals surface area (Å²) >= 11 is 0. The zero-order valence-electron chi connectivity index (χ0n) is 10.9. The number of benzene rings is 1. The molecule has 0 aliphatic heterocycles. The average Bonchev–Trinajstić information content (AvgIpc) is 2.37. The first kappa shape index (κ1) is 14.2.